The number of phenolic OH excluding ortho intramolecular Hbond substituents is 1. The zero-order valence-electron chi connectivity index (χ0n) is 19.7. The molecule has 6 heteroatoms. The van der Waals surface area contributed by atoms with Gasteiger partial charge in [0.15, 0.2) is 5.78 Å². The van der Waals surface area contributed by atoms with Crippen LogP contribution in [0.25, 0.3) is 16.8 Å². The molecule has 0 amide bonds. The van der Waals surface area contributed by atoms with Crippen LogP contribution in [-0.2, 0) is 0 Å². The first-order chi connectivity index (χ1) is 16.5. The Bertz CT molecular complexity index is 1230. The molecule has 0 bridgehead atoms. The molecule has 34 heavy (non-hydrogen) atoms. The summed E-state index contributed by atoms with van der Waals surface area (Å²) >= 11 is 0. The lowest BCUT2D eigenvalue weighted by Gasteiger charge is -2.30. The average Bonchev–Trinajstić information content (AvgIpc) is 2.86. The smallest absolute Gasteiger partial charge is 0.193 e. The topological polar surface area (TPSA) is 85.2 Å². The van der Waals surface area contributed by atoms with Crippen LogP contribution in [0.15, 0.2) is 48.5 Å². The molecule has 1 aliphatic rings. The van der Waals surface area contributed by atoms with Crippen molar-refractivity contribution in [2.24, 2.45) is 0 Å². The number of phenols is 1. The minimum atomic E-state index is -0.611. The van der Waals surface area contributed by atoms with Gasteiger partial charge in [-0.25, -0.2) is 0 Å². The van der Waals surface area contributed by atoms with Gasteiger partial charge in [0.1, 0.15) is 28.6 Å². The summed E-state index contributed by atoms with van der Waals surface area (Å²) in [4.78, 5) is 13.4. The predicted molar refractivity (Wildman–Crippen MR) is 132 cm³/mol. The number of allylic oxidation sites excluding steroid dienone is 1. The fourth-order valence-electron chi connectivity index (χ4n) is 4.88. The second-order valence-corrected chi connectivity index (χ2v) is 8.48. The third-order valence-electron chi connectivity index (χ3n) is 6.60. The number of hydrogen-bond donors (Lipinski definition) is 2. The van der Waals surface area contributed by atoms with Crippen LogP contribution in [-0.4, -0.2) is 43.4 Å². The van der Waals surface area contributed by atoms with Gasteiger partial charge in [0.05, 0.1) is 27.4 Å². The molecule has 0 heterocycles. The van der Waals surface area contributed by atoms with E-state index in [1.54, 1.807) is 19.3 Å². The number of fused-ring (bicyclic) bond motifs is 1. The second kappa shape index (κ2) is 10.2. The Balaban J connectivity index is 1.80. The van der Waals surface area contributed by atoms with Crippen LogP contribution in [0, 0.1) is 0 Å². The average molecular weight is 463 g/mol. The Hall–Kier alpha value is -3.51. The van der Waals surface area contributed by atoms with E-state index >= 15 is 0 Å². The Kier molecular flexibility index (Phi) is 7.08. The van der Waals surface area contributed by atoms with Gasteiger partial charge in [0.2, 0.25) is 0 Å². The Morgan fingerprint density at radius 1 is 0.941 bits per heavy atom. The van der Waals surface area contributed by atoms with Crippen molar-refractivity contribution in [1.29, 1.82) is 0 Å². The molecule has 6 nitrogen and oxygen atoms in total. The first kappa shape index (κ1) is 23.6. The summed E-state index contributed by atoms with van der Waals surface area (Å²) < 4.78 is 16.5. The highest BCUT2D eigenvalue weighted by Crippen LogP contribution is 2.47. The zero-order chi connectivity index (χ0) is 24.2. The number of aromatic hydroxyl groups is 1. The number of methoxy groups -OCH3 is 3. The number of aliphatic hydroxyl groups excluding tert-OH is 1. The first-order valence-corrected chi connectivity index (χ1v) is 11.4. The molecule has 0 saturated heterocycles. The molecule has 0 aliphatic heterocycles. The van der Waals surface area contributed by atoms with Gasteiger partial charge >= 0.3 is 0 Å². The van der Waals surface area contributed by atoms with Crippen molar-refractivity contribution in [2.75, 3.05) is 21.3 Å². The van der Waals surface area contributed by atoms with Crippen molar-refractivity contribution in [3.8, 4) is 23.0 Å². The Labute approximate surface area is 199 Å². The standard InChI is InChI=1S/C28H30O6/c1-32-23-15-12-17-8-4-5-9-18(17)19(23)13-14-22(30)27-25(34-3)16-24(33-2)26(28(27)31)20-10-6-7-11-21(20)29/h4-5,8-9,12-16,20-21,29,31H,6-7,10-11H2,1-3H3/b14-13+/t20-,21-/m1/s1. The highest BCUT2D eigenvalue weighted by molar-refractivity contribution is 6.12. The minimum Gasteiger partial charge on any atom is -0.507 e. The molecule has 0 radical (unpaired) electrons. The van der Waals surface area contributed by atoms with E-state index in [4.69, 9.17) is 14.2 Å². The number of hydrogen-bond acceptors (Lipinski definition) is 6. The maximum atomic E-state index is 13.4. The summed E-state index contributed by atoms with van der Waals surface area (Å²) in [5.74, 6) is 0.308. The monoisotopic (exact) mass is 462 g/mol. The first-order valence-electron chi connectivity index (χ1n) is 11.4. The molecule has 2 atom stereocenters. The third kappa shape index (κ3) is 4.33. The van der Waals surface area contributed by atoms with Gasteiger partial charge in [-0.3, -0.25) is 4.79 Å². The number of ether oxygens (including phenoxy) is 3. The molecule has 2 N–H and O–H groups in total. The van der Waals surface area contributed by atoms with E-state index in [1.165, 1.54) is 20.3 Å². The molecule has 0 spiro atoms. The van der Waals surface area contributed by atoms with Gasteiger partial charge < -0.3 is 24.4 Å². The molecule has 3 aromatic carbocycles. The number of aliphatic hydroxyl groups is 1. The van der Waals surface area contributed by atoms with Crippen LogP contribution in [0.5, 0.6) is 23.0 Å². The lowest BCUT2D eigenvalue weighted by Crippen LogP contribution is -2.23. The maximum absolute atomic E-state index is 13.4. The van der Waals surface area contributed by atoms with Gasteiger partial charge in [-0.05, 0) is 41.8 Å². The van der Waals surface area contributed by atoms with Crippen molar-refractivity contribution < 1.29 is 29.2 Å². The van der Waals surface area contributed by atoms with Crippen molar-refractivity contribution in [3.63, 3.8) is 0 Å². The van der Waals surface area contributed by atoms with Crippen LogP contribution in [0.4, 0.5) is 0 Å². The quantitative estimate of drug-likeness (QED) is 0.357. The Morgan fingerprint density at radius 2 is 1.65 bits per heavy atom. The van der Waals surface area contributed by atoms with E-state index in [1.807, 2.05) is 36.4 Å². The third-order valence-corrected chi connectivity index (χ3v) is 6.60. The van der Waals surface area contributed by atoms with E-state index in [9.17, 15) is 15.0 Å². The van der Waals surface area contributed by atoms with Crippen molar-refractivity contribution in [2.45, 2.75) is 37.7 Å². The van der Waals surface area contributed by atoms with Gasteiger partial charge in [0.25, 0.3) is 0 Å². The normalized spacial score (nSPS) is 18.2. The van der Waals surface area contributed by atoms with Crippen molar-refractivity contribution in [1.82, 2.24) is 0 Å². The molecule has 1 aliphatic carbocycles. The van der Waals surface area contributed by atoms with E-state index in [2.05, 4.69) is 0 Å². The molecule has 178 valence electrons. The Morgan fingerprint density at radius 3 is 2.35 bits per heavy atom. The summed E-state index contributed by atoms with van der Waals surface area (Å²) in [5.41, 5.74) is 1.27. The number of rotatable bonds is 7. The van der Waals surface area contributed by atoms with E-state index < -0.39 is 11.9 Å². The number of ketones is 1. The van der Waals surface area contributed by atoms with Gasteiger partial charge in [-0.15, -0.1) is 0 Å². The SMILES string of the molecule is COc1cc(OC)c([C@@H]2CCCC[C@H]2O)c(O)c1C(=O)/C=C/c1c(OC)ccc2ccccc12. The van der Waals surface area contributed by atoms with E-state index in [-0.39, 0.29) is 23.0 Å². The fourth-order valence-corrected chi connectivity index (χ4v) is 4.88. The van der Waals surface area contributed by atoms with Crippen molar-refractivity contribution >= 4 is 22.6 Å². The van der Waals surface area contributed by atoms with E-state index in [0.29, 0.717) is 29.9 Å². The highest BCUT2D eigenvalue weighted by atomic mass is 16.5. The number of benzene rings is 3. The second-order valence-electron chi connectivity index (χ2n) is 8.48. The van der Waals surface area contributed by atoms with Gasteiger partial charge in [-0.1, -0.05) is 43.2 Å². The summed E-state index contributed by atoms with van der Waals surface area (Å²) in [5, 5.41) is 23.9. The lowest BCUT2D eigenvalue weighted by atomic mass is 9.80. The van der Waals surface area contributed by atoms with Crippen LogP contribution in [0.1, 0.15) is 53.1 Å². The molecule has 0 aromatic heterocycles. The molecule has 1 saturated carbocycles. The van der Waals surface area contributed by atoms with Crippen LogP contribution in [0.3, 0.4) is 0 Å². The highest BCUT2D eigenvalue weighted by Gasteiger charge is 2.33. The molecule has 4 rings (SSSR count). The number of carbonyl (C=O) groups is 1. The summed E-state index contributed by atoms with van der Waals surface area (Å²) in [6.07, 6.45) is 5.70. The summed E-state index contributed by atoms with van der Waals surface area (Å²) in [6.45, 7) is 0. The molecule has 1 fully saturated rings. The maximum Gasteiger partial charge on any atom is 0.193 e. The van der Waals surface area contributed by atoms with Crippen LogP contribution in [0.2, 0.25) is 0 Å². The summed E-state index contributed by atoms with van der Waals surface area (Å²) in [6, 6.07) is 13.3. The number of carbonyl (C=O) groups excluding carboxylic acids is 1. The largest absolute Gasteiger partial charge is 0.507 e. The molecule has 0 unspecified atom stereocenters. The molecule has 3 aromatic rings. The molecular weight excluding hydrogens is 432 g/mol. The summed E-state index contributed by atoms with van der Waals surface area (Å²) in [7, 11) is 4.53. The van der Waals surface area contributed by atoms with Crippen molar-refractivity contribution in [3.05, 3.63) is 65.2 Å². The van der Waals surface area contributed by atoms with Crippen LogP contribution < -0.4 is 14.2 Å². The van der Waals surface area contributed by atoms with Gasteiger partial charge in [-0.2, -0.15) is 0 Å². The van der Waals surface area contributed by atoms with Gasteiger partial charge in [0, 0.05) is 23.1 Å². The fraction of sp³-hybridized carbons (Fsp3) is 0.321. The lowest BCUT2D eigenvalue weighted by molar-refractivity contribution is 0.101. The zero-order valence-corrected chi connectivity index (χ0v) is 19.7. The predicted octanol–water partition coefficient (Wildman–Crippen LogP) is 5.49. The minimum absolute atomic E-state index is 0.0477. The molecular formula is C28H30O6. The van der Waals surface area contributed by atoms with Crippen LogP contribution >= 0.6 is 0 Å². The van der Waals surface area contributed by atoms with E-state index in [0.717, 1.165) is 29.2 Å².